The number of hydrogen-bond acceptors (Lipinski definition) is 3. The van der Waals surface area contributed by atoms with Crippen molar-refractivity contribution in [3.05, 3.63) is 12.2 Å². The summed E-state index contributed by atoms with van der Waals surface area (Å²) < 4.78 is 0. The van der Waals surface area contributed by atoms with E-state index in [4.69, 9.17) is 0 Å². The van der Waals surface area contributed by atoms with E-state index < -0.39 is 18.0 Å². The average molecular weight is 220 g/mol. The van der Waals surface area contributed by atoms with E-state index in [1.54, 1.807) is 6.08 Å². The Morgan fingerprint density at radius 2 is 2.21 bits per heavy atom. The molecule has 0 radical (unpaired) electrons. The van der Waals surface area contributed by atoms with Crippen molar-refractivity contribution in [1.82, 2.24) is 0 Å². The first-order valence-corrected chi connectivity index (χ1v) is 4.77. The van der Waals surface area contributed by atoms with Crippen LogP contribution in [-0.2, 0) is 4.79 Å². The van der Waals surface area contributed by atoms with Crippen molar-refractivity contribution in [3.63, 3.8) is 0 Å². The Hall–Kier alpha value is 0.806. The molecule has 1 N–H and O–H groups in total. The summed E-state index contributed by atoms with van der Waals surface area (Å²) in [5, 5.41) is 20.2. The van der Waals surface area contributed by atoms with Crippen LogP contribution in [0.5, 0.6) is 0 Å². The number of allylic oxidation sites excluding steroid dienone is 1. The summed E-state index contributed by atoms with van der Waals surface area (Å²) in [5.41, 5.74) is 0. The Kier molecular flexibility index (Phi) is 4.81. The maximum atomic E-state index is 10.7. The fraction of sp³-hybridized carbons (Fsp3) is 0.700. The van der Waals surface area contributed by atoms with Gasteiger partial charge >= 0.3 is 51.4 Å². The monoisotopic (exact) mass is 220 g/mol. The minimum atomic E-state index is -0.996. The summed E-state index contributed by atoms with van der Waals surface area (Å²) in [6, 6.07) is 0. The number of fused-ring (bicyclic) bond motifs is 1. The third-order valence-corrected chi connectivity index (χ3v) is 3.14. The summed E-state index contributed by atoms with van der Waals surface area (Å²) >= 11 is 0. The number of carbonyl (C=O) groups is 1. The van der Waals surface area contributed by atoms with Crippen molar-refractivity contribution in [2.24, 2.45) is 17.8 Å². The smallest absolute Gasteiger partial charge is 0.550 e. The molecule has 72 valence electrons. The molecule has 4 atom stereocenters. The minimum absolute atomic E-state index is 0. The normalized spacial score (nSPS) is 42.4. The van der Waals surface area contributed by atoms with Crippen LogP contribution < -0.4 is 56.5 Å². The van der Waals surface area contributed by atoms with Crippen molar-refractivity contribution < 1.29 is 66.4 Å². The molecule has 0 aromatic rings. The zero-order valence-corrected chi connectivity index (χ0v) is 11.5. The van der Waals surface area contributed by atoms with Crippen molar-refractivity contribution in [1.29, 1.82) is 0 Å². The second-order valence-corrected chi connectivity index (χ2v) is 3.94. The van der Waals surface area contributed by atoms with Crippen molar-refractivity contribution in [2.45, 2.75) is 25.4 Å². The zero-order valence-electron chi connectivity index (χ0n) is 8.35. The molecular formula is C10H13KO3. The van der Waals surface area contributed by atoms with Crippen LogP contribution in [0.3, 0.4) is 0 Å². The van der Waals surface area contributed by atoms with Crippen molar-refractivity contribution >= 4 is 5.97 Å². The van der Waals surface area contributed by atoms with Gasteiger partial charge in [-0.05, 0) is 25.2 Å². The third-order valence-electron chi connectivity index (χ3n) is 3.14. The minimum Gasteiger partial charge on any atom is -0.550 e. The fourth-order valence-corrected chi connectivity index (χ4v) is 2.41. The van der Waals surface area contributed by atoms with Gasteiger partial charge in [-0.2, -0.15) is 0 Å². The Labute approximate surface area is 126 Å². The van der Waals surface area contributed by atoms with E-state index in [9.17, 15) is 15.0 Å². The summed E-state index contributed by atoms with van der Waals surface area (Å²) in [4.78, 5) is 10.7. The topological polar surface area (TPSA) is 60.4 Å². The van der Waals surface area contributed by atoms with Crippen molar-refractivity contribution in [2.75, 3.05) is 0 Å². The first-order chi connectivity index (χ1) is 6.22. The molecule has 0 heterocycles. The Morgan fingerprint density at radius 3 is 2.86 bits per heavy atom. The van der Waals surface area contributed by atoms with Crippen LogP contribution in [-0.4, -0.2) is 17.2 Å². The van der Waals surface area contributed by atoms with E-state index >= 15 is 0 Å². The molecule has 1 fully saturated rings. The molecule has 0 spiro atoms. The standard InChI is InChI=1S/C10H14O3.K/c11-7-5-3-1-2-4-6-8(7)9(6)10(12)13;/h3,5-9,11H,1-2,4H2,(H,12,13);/q;+1/p-1/b5-3+;/t6-,7+,8-,9-;/m1./s1. The van der Waals surface area contributed by atoms with Gasteiger partial charge in [0.15, 0.2) is 0 Å². The second-order valence-electron chi connectivity index (χ2n) is 3.94. The van der Waals surface area contributed by atoms with E-state index in [1.807, 2.05) is 6.08 Å². The molecular weight excluding hydrogens is 207 g/mol. The molecule has 0 aromatic carbocycles. The largest absolute Gasteiger partial charge is 1.00 e. The van der Waals surface area contributed by atoms with Crippen molar-refractivity contribution in [3.8, 4) is 0 Å². The first kappa shape index (κ1) is 12.9. The Morgan fingerprint density at radius 1 is 1.50 bits per heavy atom. The van der Waals surface area contributed by atoms with Gasteiger partial charge in [0.25, 0.3) is 0 Å². The third kappa shape index (κ3) is 2.48. The van der Waals surface area contributed by atoms with Crippen LogP contribution in [0, 0.1) is 17.8 Å². The van der Waals surface area contributed by atoms with Gasteiger partial charge < -0.3 is 15.0 Å². The van der Waals surface area contributed by atoms with Gasteiger partial charge in [0.2, 0.25) is 0 Å². The van der Waals surface area contributed by atoms with Crippen LogP contribution in [0.15, 0.2) is 12.2 Å². The number of carboxylic acids is 1. The molecule has 0 amide bonds. The van der Waals surface area contributed by atoms with Crippen LogP contribution in [0.1, 0.15) is 19.3 Å². The number of rotatable bonds is 1. The number of aliphatic hydroxyl groups excluding tert-OH is 1. The van der Waals surface area contributed by atoms with Gasteiger partial charge in [-0.3, -0.25) is 0 Å². The molecule has 14 heavy (non-hydrogen) atoms. The maximum absolute atomic E-state index is 10.7. The summed E-state index contributed by atoms with van der Waals surface area (Å²) in [7, 11) is 0. The molecule has 0 saturated heterocycles. The number of carbonyl (C=O) groups excluding carboxylic acids is 1. The maximum Gasteiger partial charge on any atom is 1.00 e. The number of hydrogen-bond donors (Lipinski definition) is 1. The number of aliphatic carboxylic acids is 1. The van der Waals surface area contributed by atoms with Crippen LogP contribution in [0.2, 0.25) is 0 Å². The predicted octanol–water partition coefficient (Wildman–Crippen LogP) is -3.30. The van der Waals surface area contributed by atoms with Gasteiger partial charge in [-0.15, -0.1) is 0 Å². The molecule has 0 aliphatic heterocycles. The molecule has 3 nitrogen and oxygen atoms in total. The van der Waals surface area contributed by atoms with Gasteiger partial charge in [0.05, 0.1) is 6.10 Å². The molecule has 2 aliphatic rings. The number of carboxylic acid groups (broad SMARTS) is 1. The molecule has 0 unspecified atom stereocenters. The average Bonchev–Trinajstić information content (AvgIpc) is 2.74. The van der Waals surface area contributed by atoms with Gasteiger partial charge in [-0.25, -0.2) is 0 Å². The van der Waals surface area contributed by atoms with E-state index in [-0.39, 0.29) is 63.2 Å². The molecule has 2 aliphatic carbocycles. The summed E-state index contributed by atoms with van der Waals surface area (Å²) in [6.45, 7) is 0. The Bertz CT molecular complexity index is 252. The SMILES string of the molecule is O=C([O-])[C@@H]1[C@@H]2CCC/C=C/[C@H](O)[C@@H]21.[K+]. The van der Waals surface area contributed by atoms with Crippen LogP contribution in [0.4, 0.5) is 0 Å². The predicted molar refractivity (Wildman–Crippen MR) is 44.5 cm³/mol. The van der Waals surface area contributed by atoms with Gasteiger partial charge in [0.1, 0.15) is 0 Å². The van der Waals surface area contributed by atoms with Crippen LogP contribution >= 0.6 is 0 Å². The summed E-state index contributed by atoms with van der Waals surface area (Å²) in [5.74, 6) is -1.33. The fourth-order valence-electron chi connectivity index (χ4n) is 2.41. The molecule has 2 rings (SSSR count). The quantitative estimate of drug-likeness (QED) is 0.372. The summed E-state index contributed by atoms with van der Waals surface area (Å²) in [6.07, 6.45) is 5.96. The zero-order chi connectivity index (χ0) is 9.42. The van der Waals surface area contributed by atoms with Gasteiger partial charge in [-0.1, -0.05) is 12.2 Å². The van der Waals surface area contributed by atoms with Gasteiger partial charge in [0, 0.05) is 17.8 Å². The van der Waals surface area contributed by atoms with E-state index in [1.165, 1.54) is 0 Å². The molecule has 4 heteroatoms. The van der Waals surface area contributed by atoms with E-state index in [0.29, 0.717) is 0 Å². The second kappa shape index (κ2) is 5.23. The molecule has 0 aromatic heterocycles. The number of aliphatic hydroxyl groups is 1. The Balaban J connectivity index is 0.000000980. The van der Waals surface area contributed by atoms with E-state index in [0.717, 1.165) is 19.3 Å². The van der Waals surface area contributed by atoms with Crippen LogP contribution in [0.25, 0.3) is 0 Å². The molecule has 1 saturated carbocycles. The van der Waals surface area contributed by atoms with E-state index in [2.05, 4.69) is 0 Å². The first-order valence-electron chi connectivity index (χ1n) is 4.77. The molecule has 0 bridgehead atoms.